The second kappa shape index (κ2) is 6.96. The van der Waals surface area contributed by atoms with Gasteiger partial charge in [-0.25, -0.2) is 0 Å². The first kappa shape index (κ1) is 16.5. The van der Waals surface area contributed by atoms with Gasteiger partial charge >= 0.3 is 0 Å². The Balaban J connectivity index is 2.07. The van der Waals surface area contributed by atoms with E-state index in [2.05, 4.69) is 29.4 Å². The van der Waals surface area contributed by atoms with Crippen LogP contribution in [0.5, 0.6) is 0 Å². The monoisotopic (exact) mass is 323 g/mol. The van der Waals surface area contributed by atoms with Gasteiger partial charge < -0.3 is 5.32 Å². The van der Waals surface area contributed by atoms with E-state index in [0.29, 0.717) is 35.4 Å². The summed E-state index contributed by atoms with van der Waals surface area (Å²) < 4.78 is 3.47. The van der Waals surface area contributed by atoms with Gasteiger partial charge in [0, 0.05) is 25.0 Å². The molecule has 0 saturated carbocycles. The lowest BCUT2D eigenvalue weighted by Gasteiger charge is -2.14. The van der Waals surface area contributed by atoms with Crippen molar-refractivity contribution in [2.45, 2.75) is 46.8 Å². The predicted molar refractivity (Wildman–Crippen MR) is 86.0 cm³/mol. The molecule has 0 aliphatic carbocycles. The van der Waals surface area contributed by atoms with Crippen LogP contribution in [-0.4, -0.2) is 31.5 Å². The Kier molecular flexibility index (Phi) is 5.24. The zero-order valence-electron chi connectivity index (χ0n) is 13.4. The summed E-state index contributed by atoms with van der Waals surface area (Å²) in [5, 5.41) is 11.8. The van der Waals surface area contributed by atoms with Crippen molar-refractivity contribution >= 4 is 17.5 Å². The maximum Gasteiger partial charge on any atom is 0.256 e. The molecule has 1 atom stereocenters. The van der Waals surface area contributed by atoms with Crippen LogP contribution in [0, 0.1) is 12.8 Å². The molecule has 1 amide bonds. The third-order valence-corrected chi connectivity index (χ3v) is 3.61. The molecule has 0 bridgehead atoms. The van der Waals surface area contributed by atoms with Crippen molar-refractivity contribution in [2.75, 3.05) is 0 Å². The highest BCUT2D eigenvalue weighted by Gasteiger charge is 2.21. The third kappa shape index (κ3) is 3.88. The van der Waals surface area contributed by atoms with Crippen LogP contribution in [0.1, 0.15) is 36.8 Å². The highest BCUT2D eigenvalue weighted by molar-refractivity contribution is 6.33. The quantitative estimate of drug-likeness (QED) is 0.888. The molecule has 6 nitrogen and oxygen atoms in total. The second-order valence-corrected chi connectivity index (χ2v) is 6.29. The molecular weight excluding hydrogens is 302 g/mol. The summed E-state index contributed by atoms with van der Waals surface area (Å²) in [5.41, 5.74) is 1.10. The van der Waals surface area contributed by atoms with Crippen molar-refractivity contribution in [1.82, 2.24) is 24.9 Å². The standard InChI is InChI=1S/C15H22ClN5O/c1-10(2)8-21-14(16)13(12(4)19-21)15(22)18-11(3)9-20-7-5-6-17-20/h5-7,10-11H,8-9H2,1-4H3,(H,18,22)/t11-/m1/s1. The number of halogens is 1. The number of nitrogens with zero attached hydrogens (tertiary/aromatic N) is 4. The highest BCUT2D eigenvalue weighted by atomic mass is 35.5. The maximum atomic E-state index is 12.4. The number of aryl methyl sites for hydroxylation is 1. The lowest BCUT2D eigenvalue weighted by atomic mass is 10.2. The lowest BCUT2D eigenvalue weighted by molar-refractivity contribution is 0.0935. The van der Waals surface area contributed by atoms with E-state index in [0.717, 1.165) is 0 Å². The van der Waals surface area contributed by atoms with Gasteiger partial charge in [-0.05, 0) is 25.8 Å². The number of aromatic nitrogens is 4. The number of hydrogen-bond acceptors (Lipinski definition) is 3. The molecule has 1 N–H and O–H groups in total. The number of carbonyl (C=O) groups is 1. The van der Waals surface area contributed by atoms with Crippen molar-refractivity contribution < 1.29 is 4.79 Å². The van der Waals surface area contributed by atoms with Crippen LogP contribution < -0.4 is 5.32 Å². The summed E-state index contributed by atoms with van der Waals surface area (Å²) in [5.74, 6) is 0.212. The minimum atomic E-state index is -0.197. The van der Waals surface area contributed by atoms with E-state index < -0.39 is 0 Å². The maximum absolute atomic E-state index is 12.4. The van der Waals surface area contributed by atoms with E-state index in [4.69, 9.17) is 11.6 Å². The Bertz CT molecular complexity index is 633. The molecule has 0 unspecified atom stereocenters. The molecule has 0 aliphatic rings. The summed E-state index contributed by atoms with van der Waals surface area (Å²) in [7, 11) is 0. The van der Waals surface area contributed by atoms with Gasteiger partial charge in [0.2, 0.25) is 0 Å². The van der Waals surface area contributed by atoms with Crippen molar-refractivity contribution in [3.05, 3.63) is 34.9 Å². The van der Waals surface area contributed by atoms with Crippen molar-refractivity contribution in [2.24, 2.45) is 5.92 Å². The number of amides is 1. The van der Waals surface area contributed by atoms with E-state index in [1.165, 1.54) is 0 Å². The normalized spacial score (nSPS) is 12.6. The zero-order valence-corrected chi connectivity index (χ0v) is 14.1. The first-order valence-electron chi connectivity index (χ1n) is 7.39. The van der Waals surface area contributed by atoms with E-state index in [1.807, 2.05) is 19.2 Å². The number of carbonyl (C=O) groups excluding carboxylic acids is 1. The molecule has 0 fully saturated rings. The summed E-state index contributed by atoms with van der Waals surface area (Å²) >= 11 is 6.32. The van der Waals surface area contributed by atoms with Crippen LogP contribution in [0.2, 0.25) is 5.15 Å². The molecule has 2 heterocycles. The fourth-order valence-electron chi connectivity index (χ4n) is 2.31. The molecule has 0 saturated heterocycles. The van der Waals surface area contributed by atoms with Gasteiger partial charge in [0.05, 0.1) is 17.8 Å². The van der Waals surface area contributed by atoms with Crippen LogP contribution in [0.25, 0.3) is 0 Å². The Morgan fingerprint density at radius 1 is 1.36 bits per heavy atom. The summed E-state index contributed by atoms with van der Waals surface area (Å²) in [6.07, 6.45) is 3.58. The van der Waals surface area contributed by atoms with Gasteiger partial charge in [0.1, 0.15) is 5.15 Å². The van der Waals surface area contributed by atoms with Crippen LogP contribution >= 0.6 is 11.6 Å². The molecule has 0 radical (unpaired) electrons. The first-order valence-corrected chi connectivity index (χ1v) is 7.77. The Labute approximate surface area is 135 Å². The molecule has 0 spiro atoms. The largest absolute Gasteiger partial charge is 0.348 e. The molecule has 2 rings (SSSR count). The Hall–Kier alpha value is -1.82. The van der Waals surface area contributed by atoms with Crippen LogP contribution in [0.4, 0.5) is 0 Å². The second-order valence-electron chi connectivity index (χ2n) is 5.93. The average Bonchev–Trinajstić information content (AvgIpc) is 2.98. The SMILES string of the molecule is Cc1nn(CC(C)C)c(Cl)c1C(=O)N[C@H](C)Cn1cccn1. The fraction of sp³-hybridized carbons (Fsp3) is 0.533. The third-order valence-electron chi connectivity index (χ3n) is 3.23. The van der Waals surface area contributed by atoms with Crippen LogP contribution in [0.3, 0.4) is 0 Å². The molecule has 22 heavy (non-hydrogen) atoms. The lowest BCUT2D eigenvalue weighted by Crippen LogP contribution is -2.36. The molecule has 0 aromatic carbocycles. The van der Waals surface area contributed by atoms with Gasteiger partial charge in [-0.1, -0.05) is 25.4 Å². The molecule has 2 aromatic rings. The molecule has 2 aromatic heterocycles. The van der Waals surface area contributed by atoms with Crippen LogP contribution in [0.15, 0.2) is 18.5 Å². The van der Waals surface area contributed by atoms with Crippen LogP contribution in [-0.2, 0) is 13.1 Å². The molecule has 120 valence electrons. The van der Waals surface area contributed by atoms with Crippen molar-refractivity contribution in [1.29, 1.82) is 0 Å². The number of hydrogen-bond donors (Lipinski definition) is 1. The van der Waals surface area contributed by atoms with Gasteiger partial charge in [0.15, 0.2) is 0 Å². The van der Waals surface area contributed by atoms with Gasteiger partial charge in [-0.3, -0.25) is 14.2 Å². The average molecular weight is 324 g/mol. The van der Waals surface area contributed by atoms with E-state index in [9.17, 15) is 4.79 Å². The van der Waals surface area contributed by atoms with Gasteiger partial charge in [-0.15, -0.1) is 0 Å². The van der Waals surface area contributed by atoms with E-state index in [-0.39, 0.29) is 11.9 Å². The topological polar surface area (TPSA) is 64.7 Å². The van der Waals surface area contributed by atoms with Gasteiger partial charge in [0.25, 0.3) is 5.91 Å². The van der Waals surface area contributed by atoms with E-state index >= 15 is 0 Å². The van der Waals surface area contributed by atoms with Crippen molar-refractivity contribution in [3.8, 4) is 0 Å². The number of nitrogens with one attached hydrogen (secondary N) is 1. The zero-order chi connectivity index (χ0) is 16.3. The first-order chi connectivity index (χ1) is 10.4. The highest BCUT2D eigenvalue weighted by Crippen LogP contribution is 2.21. The van der Waals surface area contributed by atoms with E-state index in [1.54, 1.807) is 22.5 Å². The summed E-state index contributed by atoms with van der Waals surface area (Å²) in [4.78, 5) is 12.4. The predicted octanol–water partition coefficient (Wildman–Crippen LogP) is 2.52. The Morgan fingerprint density at radius 2 is 2.09 bits per heavy atom. The minimum absolute atomic E-state index is 0.0590. The fourth-order valence-corrected chi connectivity index (χ4v) is 2.64. The smallest absolute Gasteiger partial charge is 0.256 e. The summed E-state index contributed by atoms with van der Waals surface area (Å²) in [6.45, 7) is 9.20. The molecular formula is C15H22ClN5O. The molecule has 0 aliphatic heterocycles. The molecule has 7 heteroatoms. The summed E-state index contributed by atoms with van der Waals surface area (Å²) in [6, 6.07) is 1.79. The Morgan fingerprint density at radius 3 is 2.68 bits per heavy atom. The minimum Gasteiger partial charge on any atom is -0.348 e. The van der Waals surface area contributed by atoms with Gasteiger partial charge in [-0.2, -0.15) is 10.2 Å². The van der Waals surface area contributed by atoms with Crippen molar-refractivity contribution in [3.63, 3.8) is 0 Å². The number of rotatable bonds is 6.